The minimum atomic E-state index is -0.115. The Morgan fingerprint density at radius 1 is 1.23 bits per heavy atom. The molecule has 0 spiro atoms. The Hall–Kier alpha value is -0.240. The molecule has 0 radical (unpaired) electrons. The molecule has 0 saturated heterocycles. The summed E-state index contributed by atoms with van der Waals surface area (Å²) in [7, 11) is 0. The van der Waals surface area contributed by atoms with Gasteiger partial charge in [-0.15, -0.1) is 0 Å². The van der Waals surface area contributed by atoms with Gasteiger partial charge in [0.2, 0.25) is 0 Å². The molecule has 1 aromatic rings. The second-order valence-electron chi connectivity index (χ2n) is 3.28. The summed E-state index contributed by atoms with van der Waals surface area (Å²) in [6.45, 7) is 4.03. The zero-order valence-electron chi connectivity index (χ0n) is 7.64. The van der Waals surface area contributed by atoms with Gasteiger partial charge in [-0.1, -0.05) is 37.0 Å². The van der Waals surface area contributed by atoms with Gasteiger partial charge in [0.05, 0.1) is 6.61 Å². The zero-order valence-corrected chi connectivity index (χ0v) is 9.15. The van der Waals surface area contributed by atoms with Crippen molar-refractivity contribution in [2.24, 2.45) is 0 Å². The van der Waals surface area contributed by atoms with E-state index in [-0.39, 0.29) is 6.61 Å². The summed E-state index contributed by atoms with van der Waals surface area (Å²) >= 11 is 11.9. The van der Waals surface area contributed by atoms with Crippen molar-refractivity contribution >= 4 is 23.2 Å². The van der Waals surface area contributed by atoms with Gasteiger partial charge >= 0.3 is 0 Å². The molecule has 0 aliphatic carbocycles. The predicted molar refractivity (Wildman–Crippen MR) is 56.5 cm³/mol. The summed E-state index contributed by atoms with van der Waals surface area (Å²) in [6, 6.07) is 3.70. The smallest absolute Gasteiger partial charge is 0.0711 e. The second kappa shape index (κ2) is 4.32. The molecule has 72 valence electrons. The number of aliphatic hydroxyl groups excluding tert-OH is 1. The number of hydrogen-bond donors (Lipinski definition) is 1. The van der Waals surface area contributed by atoms with Crippen molar-refractivity contribution < 1.29 is 5.11 Å². The van der Waals surface area contributed by atoms with Crippen molar-refractivity contribution in [3.05, 3.63) is 33.3 Å². The molecular formula is C10H12Cl2O. The maximum atomic E-state index is 8.96. The van der Waals surface area contributed by atoms with Crippen LogP contribution in [0.2, 0.25) is 10.0 Å². The zero-order chi connectivity index (χ0) is 10.0. The molecular weight excluding hydrogens is 207 g/mol. The Morgan fingerprint density at radius 2 is 1.69 bits per heavy atom. The van der Waals surface area contributed by atoms with E-state index >= 15 is 0 Å². The fourth-order valence-electron chi connectivity index (χ4n) is 1.11. The highest BCUT2D eigenvalue weighted by Gasteiger charge is 2.08. The standard InChI is InChI=1S/C10H12Cl2O/c1-6(2)7-3-9(11)8(5-13)10(12)4-7/h3-4,6,13H,5H2,1-2H3. The van der Waals surface area contributed by atoms with E-state index in [1.165, 1.54) is 0 Å². The van der Waals surface area contributed by atoms with Crippen molar-refractivity contribution in [2.45, 2.75) is 26.4 Å². The highest BCUT2D eigenvalue weighted by Crippen LogP contribution is 2.29. The third-order valence-electron chi connectivity index (χ3n) is 1.99. The molecule has 0 saturated carbocycles. The fraction of sp³-hybridized carbons (Fsp3) is 0.400. The lowest BCUT2D eigenvalue weighted by Crippen LogP contribution is -1.92. The van der Waals surface area contributed by atoms with Gasteiger partial charge < -0.3 is 5.11 Å². The van der Waals surface area contributed by atoms with Crippen LogP contribution in [0.4, 0.5) is 0 Å². The molecule has 0 unspecified atom stereocenters. The van der Waals surface area contributed by atoms with Gasteiger partial charge in [-0.05, 0) is 23.6 Å². The fourth-order valence-corrected chi connectivity index (χ4v) is 1.73. The first kappa shape index (κ1) is 10.8. The lowest BCUT2D eigenvalue weighted by atomic mass is 10.0. The molecule has 0 amide bonds. The van der Waals surface area contributed by atoms with Crippen LogP contribution in [-0.4, -0.2) is 5.11 Å². The summed E-state index contributed by atoms with van der Waals surface area (Å²) in [5, 5.41) is 10.0. The van der Waals surface area contributed by atoms with Gasteiger partial charge in [-0.3, -0.25) is 0 Å². The monoisotopic (exact) mass is 218 g/mol. The highest BCUT2D eigenvalue weighted by molar-refractivity contribution is 6.36. The van der Waals surface area contributed by atoms with Gasteiger partial charge in [-0.2, -0.15) is 0 Å². The van der Waals surface area contributed by atoms with E-state index in [4.69, 9.17) is 28.3 Å². The van der Waals surface area contributed by atoms with E-state index < -0.39 is 0 Å². The van der Waals surface area contributed by atoms with E-state index in [1.54, 1.807) is 0 Å². The summed E-state index contributed by atoms with van der Waals surface area (Å²) in [4.78, 5) is 0. The summed E-state index contributed by atoms with van der Waals surface area (Å²) in [5.74, 6) is 0.391. The average Bonchev–Trinajstić information content (AvgIpc) is 2.03. The minimum absolute atomic E-state index is 0.115. The van der Waals surface area contributed by atoms with E-state index in [0.717, 1.165) is 5.56 Å². The van der Waals surface area contributed by atoms with Crippen LogP contribution in [0.1, 0.15) is 30.9 Å². The quantitative estimate of drug-likeness (QED) is 0.805. The van der Waals surface area contributed by atoms with Crippen molar-refractivity contribution in [3.8, 4) is 0 Å². The van der Waals surface area contributed by atoms with Crippen LogP contribution in [0.5, 0.6) is 0 Å². The minimum Gasteiger partial charge on any atom is -0.392 e. The molecule has 0 aliphatic heterocycles. The van der Waals surface area contributed by atoms with Gasteiger partial charge in [0, 0.05) is 15.6 Å². The Kier molecular flexibility index (Phi) is 3.60. The summed E-state index contributed by atoms with van der Waals surface area (Å²) in [5.41, 5.74) is 1.69. The first-order chi connectivity index (χ1) is 6.06. The molecule has 3 heteroatoms. The number of aliphatic hydroxyl groups is 1. The van der Waals surface area contributed by atoms with Crippen molar-refractivity contribution in [3.63, 3.8) is 0 Å². The molecule has 0 atom stereocenters. The predicted octanol–water partition coefficient (Wildman–Crippen LogP) is 3.61. The first-order valence-electron chi connectivity index (χ1n) is 4.15. The third kappa shape index (κ3) is 2.37. The van der Waals surface area contributed by atoms with Crippen LogP contribution >= 0.6 is 23.2 Å². The van der Waals surface area contributed by atoms with Crippen LogP contribution in [-0.2, 0) is 6.61 Å². The SMILES string of the molecule is CC(C)c1cc(Cl)c(CO)c(Cl)c1. The molecule has 1 aromatic carbocycles. The third-order valence-corrected chi connectivity index (χ3v) is 2.66. The maximum Gasteiger partial charge on any atom is 0.0711 e. The largest absolute Gasteiger partial charge is 0.392 e. The van der Waals surface area contributed by atoms with Crippen LogP contribution < -0.4 is 0 Å². The molecule has 0 fully saturated rings. The Bertz CT molecular complexity index is 285. The van der Waals surface area contributed by atoms with Gasteiger partial charge in [0.1, 0.15) is 0 Å². The summed E-state index contributed by atoms with van der Waals surface area (Å²) in [6.07, 6.45) is 0. The van der Waals surface area contributed by atoms with Crippen LogP contribution in [0.15, 0.2) is 12.1 Å². The lowest BCUT2D eigenvalue weighted by molar-refractivity contribution is 0.282. The van der Waals surface area contributed by atoms with Crippen LogP contribution in [0, 0.1) is 0 Å². The second-order valence-corrected chi connectivity index (χ2v) is 4.09. The molecule has 13 heavy (non-hydrogen) atoms. The normalized spacial score (nSPS) is 10.9. The van der Waals surface area contributed by atoms with E-state index in [9.17, 15) is 0 Å². The van der Waals surface area contributed by atoms with E-state index in [1.807, 2.05) is 12.1 Å². The Balaban J connectivity index is 3.20. The maximum absolute atomic E-state index is 8.96. The molecule has 1 N–H and O–H groups in total. The topological polar surface area (TPSA) is 20.2 Å². The van der Waals surface area contributed by atoms with Gasteiger partial charge in [0.25, 0.3) is 0 Å². The van der Waals surface area contributed by atoms with Crippen LogP contribution in [0.3, 0.4) is 0 Å². The van der Waals surface area contributed by atoms with Gasteiger partial charge in [0.15, 0.2) is 0 Å². The molecule has 0 bridgehead atoms. The molecule has 0 aliphatic rings. The number of rotatable bonds is 2. The number of halogens is 2. The van der Waals surface area contributed by atoms with E-state index in [0.29, 0.717) is 21.5 Å². The Morgan fingerprint density at radius 3 is 2.00 bits per heavy atom. The lowest BCUT2D eigenvalue weighted by Gasteiger charge is -2.10. The highest BCUT2D eigenvalue weighted by atomic mass is 35.5. The van der Waals surface area contributed by atoms with Crippen molar-refractivity contribution in [2.75, 3.05) is 0 Å². The van der Waals surface area contributed by atoms with Crippen LogP contribution in [0.25, 0.3) is 0 Å². The molecule has 0 aromatic heterocycles. The van der Waals surface area contributed by atoms with E-state index in [2.05, 4.69) is 13.8 Å². The van der Waals surface area contributed by atoms with Gasteiger partial charge in [-0.25, -0.2) is 0 Å². The average molecular weight is 219 g/mol. The molecule has 0 heterocycles. The Labute approximate surface area is 88.3 Å². The first-order valence-corrected chi connectivity index (χ1v) is 4.90. The molecule has 1 rings (SSSR count). The summed E-state index contributed by atoms with van der Waals surface area (Å²) < 4.78 is 0. The molecule has 1 nitrogen and oxygen atoms in total. The number of hydrogen-bond acceptors (Lipinski definition) is 1. The van der Waals surface area contributed by atoms with Crippen molar-refractivity contribution in [1.82, 2.24) is 0 Å². The number of benzene rings is 1. The van der Waals surface area contributed by atoms with Crippen molar-refractivity contribution in [1.29, 1.82) is 0 Å².